The van der Waals surface area contributed by atoms with Gasteiger partial charge in [-0.05, 0) is 54.4 Å². The minimum atomic E-state index is 1.15. The highest BCUT2D eigenvalue weighted by atomic mass is 14.2. The van der Waals surface area contributed by atoms with Crippen molar-refractivity contribution in [1.82, 2.24) is 0 Å². The summed E-state index contributed by atoms with van der Waals surface area (Å²) in [7, 11) is 0. The quantitative estimate of drug-likeness (QED) is 0.633. The van der Waals surface area contributed by atoms with Crippen molar-refractivity contribution in [2.75, 3.05) is 0 Å². The Morgan fingerprint density at radius 2 is 1.87 bits per heavy atom. The second-order valence-electron chi connectivity index (χ2n) is 4.52. The first-order valence-corrected chi connectivity index (χ1v) is 5.91. The summed E-state index contributed by atoms with van der Waals surface area (Å²) in [4.78, 5) is 0. The molecular formula is C15H16. The summed E-state index contributed by atoms with van der Waals surface area (Å²) in [5.74, 6) is 0. The molecule has 0 radical (unpaired) electrons. The monoisotopic (exact) mass is 196 g/mol. The van der Waals surface area contributed by atoms with Gasteiger partial charge in [-0.3, -0.25) is 0 Å². The Labute approximate surface area is 91.3 Å². The third kappa shape index (κ3) is 1.65. The molecule has 0 saturated heterocycles. The zero-order valence-electron chi connectivity index (χ0n) is 9.00. The summed E-state index contributed by atoms with van der Waals surface area (Å²) in [5.41, 5.74) is 6.10. The van der Waals surface area contributed by atoms with Crippen molar-refractivity contribution >= 4 is 6.08 Å². The molecule has 0 heteroatoms. The Kier molecular flexibility index (Phi) is 2.21. The fourth-order valence-corrected chi connectivity index (χ4v) is 2.62. The van der Waals surface area contributed by atoms with Gasteiger partial charge >= 0.3 is 0 Å². The van der Waals surface area contributed by atoms with Gasteiger partial charge in [0.1, 0.15) is 0 Å². The summed E-state index contributed by atoms with van der Waals surface area (Å²) in [6.07, 6.45) is 11.3. The molecule has 0 heterocycles. The molecule has 2 aliphatic rings. The van der Waals surface area contributed by atoms with E-state index < -0.39 is 0 Å². The summed E-state index contributed by atoms with van der Waals surface area (Å²) in [6.45, 7) is 0. The molecule has 0 saturated carbocycles. The van der Waals surface area contributed by atoms with Crippen molar-refractivity contribution in [1.29, 1.82) is 0 Å². The minimum absolute atomic E-state index is 1.15. The lowest BCUT2D eigenvalue weighted by Crippen LogP contribution is -1.95. The smallest absolute Gasteiger partial charge is 0.00170 e. The maximum absolute atomic E-state index is 2.45. The molecule has 2 aliphatic carbocycles. The van der Waals surface area contributed by atoms with Crippen LogP contribution in [0.4, 0.5) is 0 Å². The van der Waals surface area contributed by atoms with E-state index in [2.05, 4.69) is 36.4 Å². The van der Waals surface area contributed by atoms with Gasteiger partial charge in [-0.25, -0.2) is 0 Å². The van der Waals surface area contributed by atoms with Gasteiger partial charge in [0, 0.05) is 0 Å². The van der Waals surface area contributed by atoms with Crippen molar-refractivity contribution in [3.05, 3.63) is 52.6 Å². The van der Waals surface area contributed by atoms with Crippen molar-refractivity contribution in [3.63, 3.8) is 0 Å². The van der Waals surface area contributed by atoms with Crippen LogP contribution < -0.4 is 0 Å². The molecule has 15 heavy (non-hydrogen) atoms. The second-order valence-corrected chi connectivity index (χ2v) is 4.52. The van der Waals surface area contributed by atoms with E-state index in [9.17, 15) is 0 Å². The van der Waals surface area contributed by atoms with E-state index >= 15 is 0 Å². The maximum atomic E-state index is 2.45. The third-order valence-corrected chi connectivity index (χ3v) is 3.47. The minimum Gasteiger partial charge on any atom is -0.0810 e. The van der Waals surface area contributed by atoms with Gasteiger partial charge in [-0.15, -0.1) is 0 Å². The second kappa shape index (κ2) is 3.69. The van der Waals surface area contributed by atoms with Crippen LogP contribution in [0.25, 0.3) is 6.08 Å². The Morgan fingerprint density at radius 1 is 0.933 bits per heavy atom. The fraction of sp³-hybridized carbons (Fsp3) is 0.333. The molecule has 0 nitrogen and oxygen atoms in total. The lowest BCUT2D eigenvalue weighted by atomic mass is 9.93. The van der Waals surface area contributed by atoms with Crippen LogP contribution in [0.1, 0.15) is 36.8 Å². The molecule has 0 spiro atoms. The average molecular weight is 196 g/mol. The zero-order chi connectivity index (χ0) is 10.1. The topological polar surface area (TPSA) is 0 Å². The molecular weight excluding hydrogens is 180 g/mol. The van der Waals surface area contributed by atoms with E-state index in [-0.39, 0.29) is 0 Å². The van der Waals surface area contributed by atoms with Crippen molar-refractivity contribution in [2.24, 2.45) is 0 Å². The number of fused-ring (bicyclic) bond motifs is 1. The Hall–Kier alpha value is -1.30. The molecule has 1 aromatic carbocycles. The van der Waals surface area contributed by atoms with Crippen LogP contribution in [-0.4, -0.2) is 0 Å². The Morgan fingerprint density at radius 3 is 2.67 bits per heavy atom. The molecule has 0 unspecified atom stereocenters. The molecule has 0 atom stereocenters. The summed E-state index contributed by atoms with van der Waals surface area (Å²) in [6, 6.07) is 8.76. The van der Waals surface area contributed by atoms with E-state index in [4.69, 9.17) is 0 Å². The normalized spacial score (nSPS) is 19.5. The van der Waals surface area contributed by atoms with Gasteiger partial charge in [0.2, 0.25) is 0 Å². The van der Waals surface area contributed by atoms with Gasteiger partial charge in [0.05, 0.1) is 0 Å². The van der Waals surface area contributed by atoms with Crippen LogP contribution in [0, 0.1) is 0 Å². The summed E-state index contributed by atoms with van der Waals surface area (Å²) in [5, 5.41) is 0. The number of hydrogen-bond donors (Lipinski definition) is 0. The van der Waals surface area contributed by atoms with Gasteiger partial charge in [-0.2, -0.15) is 0 Å². The first-order chi connectivity index (χ1) is 7.43. The van der Waals surface area contributed by atoms with E-state index in [1.165, 1.54) is 36.8 Å². The largest absolute Gasteiger partial charge is 0.0810 e. The fourth-order valence-electron chi connectivity index (χ4n) is 2.62. The molecule has 0 amide bonds. The molecule has 0 N–H and O–H groups in total. The average Bonchev–Trinajstić information content (AvgIpc) is 2.74. The first kappa shape index (κ1) is 8.96. The zero-order valence-corrected chi connectivity index (χ0v) is 9.00. The molecule has 0 bridgehead atoms. The van der Waals surface area contributed by atoms with Gasteiger partial charge < -0.3 is 0 Å². The summed E-state index contributed by atoms with van der Waals surface area (Å²) < 4.78 is 0. The van der Waals surface area contributed by atoms with E-state index in [0.717, 1.165) is 6.42 Å². The maximum Gasteiger partial charge on any atom is -0.00170 e. The lowest BCUT2D eigenvalue weighted by molar-refractivity contribution is 0.704. The number of rotatable bonds is 1. The lowest BCUT2D eigenvalue weighted by Gasteiger charge is -2.13. The predicted octanol–water partition coefficient (Wildman–Crippen LogP) is 4.13. The highest BCUT2D eigenvalue weighted by Crippen LogP contribution is 2.33. The highest BCUT2D eigenvalue weighted by Gasteiger charge is 2.15. The Bertz CT molecular complexity index is 435. The van der Waals surface area contributed by atoms with Crippen LogP contribution in [-0.2, 0) is 6.42 Å². The SMILES string of the molecule is C1=C(C2=Cc3ccccc3C2)CCCC1. The third-order valence-electron chi connectivity index (χ3n) is 3.47. The summed E-state index contributed by atoms with van der Waals surface area (Å²) >= 11 is 0. The highest BCUT2D eigenvalue weighted by molar-refractivity contribution is 5.68. The van der Waals surface area contributed by atoms with Gasteiger partial charge in [0.25, 0.3) is 0 Å². The van der Waals surface area contributed by atoms with E-state index in [0.29, 0.717) is 0 Å². The number of benzene rings is 1. The van der Waals surface area contributed by atoms with Crippen molar-refractivity contribution in [2.45, 2.75) is 32.1 Å². The molecule has 1 aromatic rings. The molecule has 3 rings (SSSR count). The van der Waals surface area contributed by atoms with Crippen LogP contribution in [0.5, 0.6) is 0 Å². The van der Waals surface area contributed by atoms with Crippen LogP contribution in [0.3, 0.4) is 0 Å². The Balaban J connectivity index is 1.90. The van der Waals surface area contributed by atoms with Crippen molar-refractivity contribution < 1.29 is 0 Å². The number of allylic oxidation sites excluding steroid dienone is 3. The van der Waals surface area contributed by atoms with E-state index in [1.807, 2.05) is 0 Å². The van der Waals surface area contributed by atoms with Crippen LogP contribution in [0.15, 0.2) is 41.5 Å². The molecule has 0 aliphatic heterocycles. The first-order valence-electron chi connectivity index (χ1n) is 5.91. The van der Waals surface area contributed by atoms with Gasteiger partial charge in [-0.1, -0.05) is 36.4 Å². The molecule has 0 fully saturated rings. The van der Waals surface area contributed by atoms with Crippen LogP contribution in [0.2, 0.25) is 0 Å². The number of hydrogen-bond acceptors (Lipinski definition) is 0. The van der Waals surface area contributed by atoms with Crippen molar-refractivity contribution in [3.8, 4) is 0 Å². The van der Waals surface area contributed by atoms with Crippen LogP contribution >= 0.6 is 0 Å². The molecule has 76 valence electrons. The molecule has 0 aromatic heterocycles. The standard InChI is InChI=1S/C15H16/c1-2-6-12(7-3-1)15-10-13-8-4-5-9-14(13)11-15/h4-6,8-10H,1-3,7,11H2. The van der Waals surface area contributed by atoms with Gasteiger partial charge in [0.15, 0.2) is 0 Å². The predicted molar refractivity (Wildman–Crippen MR) is 64.7 cm³/mol. The van der Waals surface area contributed by atoms with E-state index in [1.54, 1.807) is 11.1 Å².